The van der Waals surface area contributed by atoms with Crippen molar-refractivity contribution in [1.82, 2.24) is 9.97 Å². The van der Waals surface area contributed by atoms with Crippen LogP contribution in [-0.4, -0.2) is 46.4 Å². The lowest BCUT2D eigenvalue weighted by molar-refractivity contribution is 0.109. The average molecular weight is 520 g/mol. The number of aryl methyl sites for hydroxylation is 2. The van der Waals surface area contributed by atoms with Crippen molar-refractivity contribution in [3.63, 3.8) is 0 Å². The number of ether oxygens (including phenoxy) is 1. The lowest BCUT2D eigenvalue weighted by Crippen LogP contribution is -2.45. The number of hydrogen-bond donors (Lipinski definition) is 0. The first-order valence-corrected chi connectivity index (χ1v) is 17.4. The van der Waals surface area contributed by atoms with E-state index in [9.17, 15) is 0 Å². The zero-order valence-corrected chi connectivity index (χ0v) is 24.8. The molecule has 30 heavy (non-hydrogen) atoms. The zero-order valence-electron chi connectivity index (χ0n) is 21.2. The van der Waals surface area contributed by atoms with Crippen LogP contribution in [0.15, 0.2) is 4.47 Å². The Labute approximate surface area is 195 Å². The van der Waals surface area contributed by atoms with Crippen molar-refractivity contribution < 1.29 is 13.6 Å². The molecule has 0 N–H and O–H groups in total. The van der Waals surface area contributed by atoms with Crippen LogP contribution in [0.3, 0.4) is 0 Å². The Bertz CT molecular complexity index is 660. The van der Waals surface area contributed by atoms with E-state index < -0.39 is 16.6 Å². The molecule has 0 aromatic carbocycles. The van der Waals surface area contributed by atoms with Crippen molar-refractivity contribution in [2.75, 3.05) is 19.8 Å². The largest absolute Gasteiger partial charge is 0.463 e. The van der Waals surface area contributed by atoms with E-state index in [1.165, 1.54) is 0 Å². The molecule has 0 aliphatic rings. The standard InChI is InChI=1S/C22H43BrN2O3Si2/c1-16-19(23)17(2)25-20(24-16)26-13-18(14-27-29(9,10)21(3,4)5)15-28-30(11,12)22(6,7)8/h18H,13-15H2,1-12H3. The van der Waals surface area contributed by atoms with E-state index in [0.717, 1.165) is 15.9 Å². The minimum absolute atomic E-state index is 0.126. The Balaban J connectivity index is 2.91. The van der Waals surface area contributed by atoms with Gasteiger partial charge in [0.05, 0.1) is 22.5 Å². The molecule has 1 heterocycles. The van der Waals surface area contributed by atoms with Crippen LogP contribution < -0.4 is 4.74 Å². The molecule has 174 valence electrons. The van der Waals surface area contributed by atoms with Gasteiger partial charge in [-0.15, -0.1) is 0 Å². The van der Waals surface area contributed by atoms with Crippen LogP contribution in [0.25, 0.3) is 0 Å². The number of hydrogen-bond acceptors (Lipinski definition) is 5. The van der Waals surface area contributed by atoms with Gasteiger partial charge in [-0.3, -0.25) is 0 Å². The maximum atomic E-state index is 6.51. The molecule has 0 spiro atoms. The van der Waals surface area contributed by atoms with Gasteiger partial charge in [0, 0.05) is 19.1 Å². The molecule has 0 aliphatic carbocycles. The molecule has 1 aromatic heterocycles. The fourth-order valence-electron chi connectivity index (χ4n) is 2.16. The van der Waals surface area contributed by atoms with E-state index in [1.807, 2.05) is 13.8 Å². The van der Waals surface area contributed by atoms with E-state index in [0.29, 0.717) is 25.8 Å². The van der Waals surface area contributed by atoms with Crippen LogP contribution in [0, 0.1) is 19.8 Å². The molecular formula is C22H43BrN2O3Si2. The second-order valence-corrected chi connectivity index (χ2v) is 21.7. The monoisotopic (exact) mass is 518 g/mol. The molecule has 0 atom stereocenters. The summed E-state index contributed by atoms with van der Waals surface area (Å²) in [5.74, 6) is 0.126. The second-order valence-electron chi connectivity index (χ2n) is 11.3. The first-order valence-electron chi connectivity index (χ1n) is 10.8. The van der Waals surface area contributed by atoms with E-state index >= 15 is 0 Å². The van der Waals surface area contributed by atoms with E-state index in [2.05, 4.69) is 93.6 Å². The van der Waals surface area contributed by atoms with Crippen LogP contribution >= 0.6 is 15.9 Å². The number of aromatic nitrogens is 2. The quantitative estimate of drug-likeness (QED) is 0.332. The van der Waals surface area contributed by atoms with Crippen molar-refractivity contribution in [2.24, 2.45) is 5.92 Å². The predicted molar refractivity (Wildman–Crippen MR) is 134 cm³/mol. The summed E-state index contributed by atoms with van der Waals surface area (Å²) in [6, 6.07) is 0.415. The summed E-state index contributed by atoms with van der Waals surface area (Å²) in [6.07, 6.45) is 0. The Hall–Kier alpha value is -0.286. The van der Waals surface area contributed by atoms with Gasteiger partial charge in [-0.2, -0.15) is 9.97 Å². The Morgan fingerprint density at radius 3 is 1.47 bits per heavy atom. The molecule has 5 nitrogen and oxygen atoms in total. The smallest absolute Gasteiger partial charge is 0.316 e. The second kappa shape index (κ2) is 10.1. The van der Waals surface area contributed by atoms with Crippen LogP contribution in [0.2, 0.25) is 36.3 Å². The van der Waals surface area contributed by atoms with Gasteiger partial charge in [0.25, 0.3) is 0 Å². The van der Waals surface area contributed by atoms with E-state index in [1.54, 1.807) is 0 Å². The van der Waals surface area contributed by atoms with Gasteiger partial charge in [-0.1, -0.05) is 41.5 Å². The molecule has 0 radical (unpaired) electrons. The maximum Gasteiger partial charge on any atom is 0.316 e. The molecule has 0 amide bonds. The van der Waals surface area contributed by atoms with Gasteiger partial charge >= 0.3 is 6.01 Å². The van der Waals surface area contributed by atoms with Gasteiger partial charge in [0.1, 0.15) is 0 Å². The molecule has 0 saturated heterocycles. The average Bonchev–Trinajstić information content (AvgIpc) is 2.56. The first-order chi connectivity index (χ1) is 13.4. The van der Waals surface area contributed by atoms with Crippen molar-refractivity contribution >= 4 is 32.6 Å². The SMILES string of the molecule is Cc1nc(OCC(CO[Si](C)(C)C(C)(C)C)CO[Si](C)(C)C(C)(C)C)nc(C)c1Br. The molecular weight excluding hydrogens is 476 g/mol. The highest BCUT2D eigenvalue weighted by Crippen LogP contribution is 2.38. The fourth-order valence-corrected chi connectivity index (χ4v) is 4.51. The van der Waals surface area contributed by atoms with Crippen LogP contribution in [0.5, 0.6) is 6.01 Å². The summed E-state index contributed by atoms with van der Waals surface area (Å²) < 4.78 is 20.0. The topological polar surface area (TPSA) is 53.5 Å². The summed E-state index contributed by atoms with van der Waals surface area (Å²) in [7, 11) is -3.70. The third-order valence-corrected chi connectivity index (χ3v) is 16.7. The number of halogens is 1. The zero-order chi connectivity index (χ0) is 23.5. The normalized spacial score (nSPS) is 13.8. The summed E-state index contributed by atoms with van der Waals surface area (Å²) in [6.45, 7) is 28.3. The van der Waals surface area contributed by atoms with Gasteiger partial charge in [0.15, 0.2) is 16.6 Å². The van der Waals surface area contributed by atoms with Gasteiger partial charge in [-0.25, -0.2) is 0 Å². The van der Waals surface area contributed by atoms with E-state index in [-0.39, 0.29) is 16.0 Å². The van der Waals surface area contributed by atoms with Crippen molar-refractivity contribution in [2.45, 2.75) is 91.7 Å². The van der Waals surface area contributed by atoms with Crippen LogP contribution in [-0.2, 0) is 8.85 Å². The molecule has 1 aromatic rings. The molecule has 0 fully saturated rings. The summed E-state index contributed by atoms with van der Waals surface area (Å²) in [4.78, 5) is 8.91. The lowest BCUT2D eigenvalue weighted by Gasteiger charge is -2.39. The molecule has 8 heteroatoms. The molecule has 0 unspecified atom stereocenters. The highest BCUT2D eigenvalue weighted by Gasteiger charge is 2.39. The molecule has 0 aliphatic heterocycles. The van der Waals surface area contributed by atoms with Crippen molar-refractivity contribution in [3.05, 3.63) is 15.9 Å². The van der Waals surface area contributed by atoms with Gasteiger partial charge < -0.3 is 13.6 Å². The Kier molecular flexibility index (Phi) is 9.35. The third-order valence-electron chi connectivity index (χ3n) is 6.58. The van der Waals surface area contributed by atoms with Crippen molar-refractivity contribution in [3.8, 4) is 6.01 Å². The summed E-state index contributed by atoms with van der Waals surface area (Å²) >= 11 is 3.51. The van der Waals surface area contributed by atoms with Crippen LogP contribution in [0.1, 0.15) is 52.9 Å². The van der Waals surface area contributed by atoms with Gasteiger partial charge in [-0.05, 0) is 66.0 Å². The highest BCUT2D eigenvalue weighted by molar-refractivity contribution is 9.10. The Morgan fingerprint density at radius 2 is 1.13 bits per heavy atom. The summed E-state index contributed by atoms with van der Waals surface area (Å²) in [5, 5.41) is 0.337. The van der Waals surface area contributed by atoms with Crippen molar-refractivity contribution in [1.29, 1.82) is 0 Å². The molecule has 0 bridgehead atoms. The van der Waals surface area contributed by atoms with Crippen LogP contribution in [0.4, 0.5) is 0 Å². The third kappa shape index (κ3) is 7.69. The summed E-state index contributed by atoms with van der Waals surface area (Å²) in [5.41, 5.74) is 1.76. The minimum atomic E-state index is -1.85. The Morgan fingerprint density at radius 1 is 0.767 bits per heavy atom. The van der Waals surface area contributed by atoms with E-state index in [4.69, 9.17) is 13.6 Å². The number of nitrogens with zero attached hydrogens (tertiary/aromatic N) is 2. The lowest BCUT2D eigenvalue weighted by atomic mass is 10.2. The first kappa shape index (κ1) is 27.7. The molecule has 1 rings (SSSR count). The maximum absolute atomic E-state index is 6.51. The highest BCUT2D eigenvalue weighted by atomic mass is 79.9. The van der Waals surface area contributed by atoms with Gasteiger partial charge in [0.2, 0.25) is 0 Å². The predicted octanol–water partition coefficient (Wildman–Crippen LogP) is 6.89. The molecule has 0 saturated carbocycles. The minimum Gasteiger partial charge on any atom is -0.463 e. The fraction of sp³-hybridized carbons (Fsp3) is 0.818. The number of rotatable bonds is 9.